The Balaban J connectivity index is 4.81. The van der Waals surface area contributed by atoms with Gasteiger partial charge in [-0.15, -0.1) is 0 Å². The highest BCUT2D eigenvalue weighted by Gasteiger charge is 2.26. The van der Waals surface area contributed by atoms with Crippen molar-refractivity contribution in [2.24, 2.45) is 17.8 Å². The summed E-state index contributed by atoms with van der Waals surface area (Å²) >= 11 is 0. The molecule has 0 aromatic heterocycles. The molecule has 0 radical (unpaired) electrons. The van der Waals surface area contributed by atoms with Crippen LogP contribution in [-0.4, -0.2) is 28.8 Å². The van der Waals surface area contributed by atoms with Crippen molar-refractivity contribution in [1.82, 2.24) is 5.32 Å². The first kappa shape index (κ1) is 20.7. The van der Waals surface area contributed by atoms with Crippen LogP contribution < -0.4 is 5.32 Å². The molecule has 0 fully saturated rings. The first-order chi connectivity index (χ1) is 9.90. The highest BCUT2D eigenvalue weighted by molar-refractivity contribution is 5.71. The third-order valence-electron chi connectivity index (χ3n) is 3.15. The van der Waals surface area contributed by atoms with Crippen LogP contribution >= 0.6 is 0 Å². The minimum Gasteiger partial charge on any atom is -0.481 e. The van der Waals surface area contributed by atoms with Gasteiger partial charge in [0, 0.05) is 6.04 Å². The molecule has 0 heterocycles. The third-order valence-corrected chi connectivity index (χ3v) is 3.15. The zero-order valence-corrected chi connectivity index (χ0v) is 15.1. The normalized spacial score (nSPS) is 14.8. The predicted octanol–water partition coefficient (Wildman–Crippen LogP) is 4.06. The maximum absolute atomic E-state index is 11.9. The fraction of sp³-hybridized carbons (Fsp3) is 0.882. The van der Waals surface area contributed by atoms with Gasteiger partial charge in [-0.1, -0.05) is 27.7 Å². The van der Waals surface area contributed by atoms with Crippen LogP contribution in [0.2, 0.25) is 0 Å². The van der Waals surface area contributed by atoms with Crippen molar-refractivity contribution in [3.05, 3.63) is 0 Å². The van der Waals surface area contributed by atoms with Gasteiger partial charge in [-0.2, -0.15) is 0 Å². The number of alkyl carbamates (subject to hydrolysis) is 1. The first-order valence-corrected chi connectivity index (χ1v) is 8.13. The monoisotopic (exact) mass is 315 g/mol. The van der Waals surface area contributed by atoms with Crippen molar-refractivity contribution in [3.8, 4) is 0 Å². The Hall–Kier alpha value is -1.26. The maximum Gasteiger partial charge on any atom is 0.407 e. The van der Waals surface area contributed by atoms with E-state index >= 15 is 0 Å². The molecule has 2 atom stereocenters. The molecule has 1 amide bonds. The summed E-state index contributed by atoms with van der Waals surface area (Å²) in [6.07, 6.45) is 1.30. The Kier molecular flexibility index (Phi) is 8.49. The van der Waals surface area contributed by atoms with E-state index in [-0.39, 0.29) is 6.04 Å². The van der Waals surface area contributed by atoms with Crippen LogP contribution in [0.1, 0.15) is 67.7 Å². The third kappa shape index (κ3) is 10.5. The van der Waals surface area contributed by atoms with E-state index in [1.807, 2.05) is 34.6 Å². The molecular weight excluding hydrogens is 282 g/mol. The van der Waals surface area contributed by atoms with E-state index in [0.29, 0.717) is 24.7 Å². The highest BCUT2D eigenvalue weighted by Crippen LogP contribution is 2.21. The van der Waals surface area contributed by atoms with Crippen molar-refractivity contribution in [2.45, 2.75) is 79.4 Å². The van der Waals surface area contributed by atoms with Crippen molar-refractivity contribution < 1.29 is 19.4 Å². The Morgan fingerprint density at radius 3 is 1.86 bits per heavy atom. The van der Waals surface area contributed by atoms with Gasteiger partial charge in [-0.25, -0.2) is 4.79 Å². The molecule has 0 saturated carbocycles. The van der Waals surface area contributed by atoms with E-state index in [4.69, 9.17) is 4.74 Å². The number of amides is 1. The number of hydrogen-bond donors (Lipinski definition) is 2. The number of nitrogens with one attached hydrogen (secondary N) is 1. The molecule has 0 aliphatic heterocycles. The van der Waals surface area contributed by atoms with E-state index < -0.39 is 23.6 Å². The highest BCUT2D eigenvalue weighted by atomic mass is 16.6. The predicted molar refractivity (Wildman–Crippen MR) is 87.8 cm³/mol. The van der Waals surface area contributed by atoms with Gasteiger partial charge in [0.2, 0.25) is 0 Å². The second-order valence-corrected chi connectivity index (χ2v) is 7.87. The standard InChI is InChI=1S/C17H33NO4/c1-11(2)8-13(15(19)20)10-14(9-12(3)4)18-16(21)22-17(5,6)7/h11-14H,8-10H2,1-7H3,(H,18,21)(H,19,20)/t13?,14-/m0/s1. The fourth-order valence-corrected chi connectivity index (χ4v) is 2.47. The minimum atomic E-state index is -0.798. The molecule has 0 rings (SSSR count). The van der Waals surface area contributed by atoms with Gasteiger partial charge in [0.1, 0.15) is 5.60 Å². The van der Waals surface area contributed by atoms with Gasteiger partial charge < -0.3 is 15.2 Å². The summed E-state index contributed by atoms with van der Waals surface area (Å²) in [5.74, 6) is -0.567. The molecule has 0 aliphatic carbocycles. The zero-order valence-electron chi connectivity index (χ0n) is 15.1. The molecule has 1 unspecified atom stereocenters. The second kappa shape index (κ2) is 9.01. The summed E-state index contributed by atoms with van der Waals surface area (Å²) < 4.78 is 5.28. The van der Waals surface area contributed by atoms with Crippen molar-refractivity contribution in [2.75, 3.05) is 0 Å². The Bertz CT molecular complexity index is 358. The van der Waals surface area contributed by atoms with Gasteiger partial charge in [0.05, 0.1) is 5.92 Å². The van der Waals surface area contributed by atoms with E-state index in [2.05, 4.69) is 19.2 Å². The largest absolute Gasteiger partial charge is 0.481 e. The van der Waals surface area contributed by atoms with Gasteiger partial charge >= 0.3 is 12.1 Å². The van der Waals surface area contributed by atoms with Crippen LogP contribution in [-0.2, 0) is 9.53 Å². The van der Waals surface area contributed by atoms with Gasteiger partial charge in [-0.05, 0) is 51.9 Å². The van der Waals surface area contributed by atoms with Crippen molar-refractivity contribution >= 4 is 12.1 Å². The molecule has 0 aromatic rings. The SMILES string of the molecule is CC(C)CC(C[C@H](CC(C)C)NC(=O)OC(C)(C)C)C(=O)O. The number of carboxylic acids is 1. The van der Waals surface area contributed by atoms with Crippen LogP contribution in [0, 0.1) is 17.8 Å². The minimum absolute atomic E-state index is 0.185. The average molecular weight is 315 g/mol. The maximum atomic E-state index is 11.9. The number of carbonyl (C=O) groups excluding carboxylic acids is 1. The smallest absolute Gasteiger partial charge is 0.407 e. The number of aliphatic carboxylic acids is 1. The molecular formula is C17H33NO4. The fourth-order valence-electron chi connectivity index (χ4n) is 2.47. The molecule has 0 spiro atoms. The molecule has 0 aliphatic rings. The lowest BCUT2D eigenvalue weighted by Crippen LogP contribution is -2.41. The molecule has 130 valence electrons. The Labute approximate surface area is 134 Å². The van der Waals surface area contributed by atoms with Crippen LogP contribution in [0.4, 0.5) is 4.79 Å². The number of hydrogen-bond acceptors (Lipinski definition) is 3. The molecule has 5 heteroatoms. The summed E-state index contributed by atoms with van der Waals surface area (Å²) in [5, 5.41) is 12.2. The molecule has 5 nitrogen and oxygen atoms in total. The van der Waals surface area contributed by atoms with E-state index in [0.717, 1.165) is 6.42 Å². The number of ether oxygens (including phenoxy) is 1. The molecule has 0 saturated heterocycles. The van der Waals surface area contributed by atoms with E-state index in [1.165, 1.54) is 0 Å². The number of carboxylic acid groups (broad SMARTS) is 1. The second-order valence-electron chi connectivity index (χ2n) is 7.87. The summed E-state index contributed by atoms with van der Waals surface area (Å²) in [5.41, 5.74) is -0.559. The molecule has 2 N–H and O–H groups in total. The van der Waals surface area contributed by atoms with Crippen molar-refractivity contribution in [3.63, 3.8) is 0 Å². The molecule has 22 heavy (non-hydrogen) atoms. The summed E-state index contributed by atoms with van der Waals surface area (Å²) in [6, 6.07) is -0.185. The van der Waals surface area contributed by atoms with Crippen LogP contribution in [0.25, 0.3) is 0 Å². The lowest BCUT2D eigenvalue weighted by atomic mass is 9.88. The van der Waals surface area contributed by atoms with Crippen LogP contribution in [0.3, 0.4) is 0 Å². The van der Waals surface area contributed by atoms with E-state index in [9.17, 15) is 14.7 Å². The average Bonchev–Trinajstić information content (AvgIpc) is 2.22. The lowest BCUT2D eigenvalue weighted by molar-refractivity contribution is -0.142. The molecule has 0 aromatic carbocycles. The van der Waals surface area contributed by atoms with Crippen LogP contribution in [0.5, 0.6) is 0 Å². The Morgan fingerprint density at radius 1 is 1.00 bits per heavy atom. The summed E-state index contributed by atoms with van der Waals surface area (Å²) in [7, 11) is 0. The van der Waals surface area contributed by atoms with Crippen LogP contribution in [0.15, 0.2) is 0 Å². The summed E-state index contributed by atoms with van der Waals surface area (Å²) in [4.78, 5) is 23.4. The number of rotatable bonds is 8. The summed E-state index contributed by atoms with van der Waals surface area (Å²) in [6.45, 7) is 13.6. The van der Waals surface area contributed by atoms with Crippen molar-refractivity contribution in [1.29, 1.82) is 0 Å². The zero-order chi connectivity index (χ0) is 17.5. The quantitative estimate of drug-likeness (QED) is 0.708. The first-order valence-electron chi connectivity index (χ1n) is 8.13. The topological polar surface area (TPSA) is 75.6 Å². The lowest BCUT2D eigenvalue weighted by Gasteiger charge is -2.27. The van der Waals surface area contributed by atoms with Gasteiger partial charge in [-0.3, -0.25) is 4.79 Å². The van der Waals surface area contributed by atoms with Gasteiger partial charge in [0.25, 0.3) is 0 Å². The van der Waals surface area contributed by atoms with E-state index in [1.54, 1.807) is 0 Å². The number of carbonyl (C=O) groups is 2. The van der Waals surface area contributed by atoms with Gasteiger partial charge in [0.15, 0.2) is 0 Å². The molecule has 0 bridgehead atoms. The Morgan fingerprint density at radius 2 is 1.50 bits per heavy atom.